The van der Waals surface area contributed by atoms with E-state index in [1.54, 1.807) is 79.3 Å². The molecule has 0 N–H and O–H groups in total. The second-order valence-corrected chi connectivity index (χ2v) is 9.96. The van der Waals surface area contributed by atoms with Crippen molar-refractivity contribution in [3.8, 4) is 11.5 Å². The van der Waals surface area contributed by atoms with Crippen LogP contribution in [0, 0.1) is 0 Å². The molecule has 0 bridgehead atoms. The number of hydrogen-bond acceptors (Lipinski definition) is 5. The number of Topliss-reactive ketones (excluding diaryl/α,β-unsaturated/α-hetero) is 1. The lowest BCUT2D eigenvalue weighted by molar-refractivity contribution is 0.0982. The van der Waals surface area contributed by atoms with Crippen molar-refractivity contribution in [3.63, 3.8) is 0 Å². The Morgan fingerprint density at radius 3 is 2.40 bits per heavy atom. The first-order valence-corrected chi connectivity index (χ1v) is 12.6. The van der Waals surface area contributed by atoms with Gasteiger partial charge in [-0.1, -0.05) is 42.5 Å². The standard InChI is InChI=1S/C28H22N2O4S/c31-25(22-13-17-28-29-18-19-30(28)20-22)16-12-21-10-14-24(15-11-21)35(32,33)27-9-5-4-8-26(27)34-23-6-2-1-3-7-23/h1-11,13-15,17-20H,12,16H2. The maximum atomic E-state index is 13.4. The number of carbonyl (C=O) groups is 1. The van der Waals surface area contributed by atoms with E-state index in [1.807, 2.05) is 28.7 Å². The van der Waals surface area contributed by atoms with Crippen LogP contribution in [0.3, 0.4) is 0 Å². The zero-order valence-electron chi connectivity index (χ0n) is 18.7. The lowest BCUT2D eigenvalue weighted by Gasteiger charge is -2.12. The number of ketones is 1. The SMILES string of the molecule is O=C(CCc1ccc(S(=O)(=O)c2ccccc2Oc2ccccc2)cc1)c1ccc2nccn2c1. The number of para-hydroxylation sites is 2. The predicted molar refractivity (Wildman–Crippen MR) is 133 cm³/mol. The van der Waals surface area contributed by atoms with Crippen LogP contribution in [0.2, 0.25) is 0 Å². The molecular weight excluding hydrogens is 460 g/mol. The van der Waals surface area contributed by atoms with Crippen molar-refractivity contribution in [2.24, 2.45) is 0 Å². The van der Waals surface area contributed by atoms with Crippen LogP contribution in [-0.2, 0) is 16.3 Å². The molecule has 0 aliphatic rings. The minimum absolute atomic E-state index is 0.0179. The zero-order chi connectivity index (χ0) is 24.3. The number of hydrogen-bond donors (Lipinski definition) is 0. The number of pyridine rings is 1. The molecule has 2 heterocycles. The predicted octanol–water partition coefficient (Wildman–Crippen LogP) is 5.77. The summed E-state index contributed by atoms with van der Waals surface area (Å²) in [5.41, 5.74) is 2.29. The number of fused-ring (bicyclic) bond motifs is 1. The molecule has 0 radical (unpaired) electrons. The smallest absolute Gasteiger partial charge is 0.210 e. The van der Waals surface area contributed by atoms with Crippen LogP contribution < -0.4 is 4.74 Å². The van der Waals surface area contributed by atoms with Crippen LogP contribution in [0.25, 0.3) is 5.65 Å². The fourth-order valence-corrected chi connectivity index (χ4v) is 5.20. The van der Waals surface area contributed by atoms with Crippen molar-refractivity contribution in [1.29, 1.82) is 0 Å². The number of benzene rings is 3. The number of aryl methyl sites for hydroxylation is 1. The molecule has 0 amide bonds. The van der Waals surface area contributed by atoms with Gasteiger partial charge in [-0.25, -0.2) is 13.4 Å². The molecule has 3 aromatic carbocycles. The lowest BCUT2D eigenvalue weighted by atomic mass is 10.0. The highest BCUT2D eigenvalue weighted by atomic mass is 32.2. The third kappa shape index (κ3) is 4.85. The normalized spacial score (nSPS) is 11.4. The summed E-state index contributed by atoms with van der Waals surface area (Å²) in [6, 6.07) is 25.9. The number of carbonyl (C=O) groups excluding carboxylic acids is 1. The van der Waals surface area contributed by atoms with Crippen molar-refractivity contribution in [2.75, 3.05) is 0 Å². The first kappa shape index (κ1) is 22.6. The van der Waals surface area contributed by atoms with Gasteiger partial charge in [0.2, 0.25) is 9.84 Å². The third-order valence-electron chi connectivity index (χ3n) is 5.69. The number of imidazole rings is 1. The number of rotatable bonds is 8. The molecule has 0 atom stereocenters. The van der Waals surface area contributed by atoms with E-state index in [9.17, 15) is 13.2 Å². The molecule has 5 aromatic rings. The Hall–Kier alpha value is -4.23. The van der Waals surface area contributed by atoms with Crippen molar-refractivity contribution >= 4 is 21.3 Å². The summed E-state index contributed by atoms with van der Waals surface area (Å²) in [7, 11) is -3.80. The van der Waals surface area contributed by atoms with Crippen LogP contribution in [0.15, 0.2) is 119 Å². The van der Waals surface area contributed by atoms with Gasteiger partial charge in [0, 0.05) is 30.6 Å². The summed E-state index contributed by atoms with van der Waals surface area (Å²) in [6.07, 6.45) is 6.09. The Bertz CT molecular complexity index is 1590. The van der Waals surface area contributed by atoms with Gasteiger partial charge >= 0.3 is 0 Å². The van der Waals surface area contributed by atoms with Crippen LogP contribution in [0.5, 0.6) is 11.5 Å². The monoisotopic (exact) mass is 482 g/mol. The lowest BCUT2D eigenvalue weighted by Crippen LogP contribution is -2.05. The molecule has 0 aliphatic carbocycles. The highest BCUT2D eigenvalue weighted by molar-refractivity contribution is 7.91. The minimum Gasteiger partial charge on any atom is -0.456 e. The molecule has 5 rings (SSSR count). The molecule has 35 heavy (non-hydrogen) atoms. The van der Waals surface area contributed by atoms with E-state index >= 15 is 0 Å². The van der Waals surface area contributed by atoms with Crippen LogP contribution in [0.1, 0.15) is 22.3 Å². The van der Waals surface area contributed by atoms with Gasteiger partial charge in [-0.3, -0.25) is 4.79 Å². The van der Waals surface area contributed by atoms with Crippen molar-refractivity contribution < 1.29 is 17.9 Å². The summed E-state index contributed by atoms with van der Waals surface area (Å²) in [4.78, 5) is 17.1. The molecule has 0 unspecified atom stereocenters. The van der Waals surface area contributed by atoms with Gasteiger partial charge in [-0.05, 0) is 60.5 Å². The molecule has 174 valence electrons. The average molecular weight is 483 g/mol. The van der Waals surface area contributed by atoms with Gasteiger partial charge in [-0.15, -0.1) is 0 Å². The van der Waals surface area contributed by atoms with Gasteiger partial charge in [-0.2, -0.15) is 0 Å². The Morgan fingerprint density at radius 2 is 1.60 bits per heavy atom. The zero-order valence-corrected chi connectivity index (χ0v) is 19.6. The maximum Gasteiger partial charge on any atom is 0.210 e. The molecule has 2 aromatic heterocycles. The maximum absolute atomic E-state index is 13.4. The summed E-state index contributed by atoms with van der Waals surface area (Å²) in [6.45, 7) is 0. The van der Waals surface area contributed by atoms with E-state index in [2.05, 4.69) is 4.98 Å². The van der Waals surface area contributed by atoms with E-state index in [0.717, 1.165) is 11.2 Å². The van der Waals surface area contributed by atoms with E-state index in [1.165, 1.54) is 6.07 Å². The second kappa shape index (κ2) is 9.56. The topological polar surface area (TPSA) is 77.7 Å². The van der Waals surface area contributed by atoms with Crippen molar-refractivity contribution in [1.82, 2.24) is 9.38 Å². The quantitative estimate of drug-likeness (QED) is 0.262. The van der Waals surface area contributed by atoms with E-state index in [-0.39, 0.29) is 21.3 Å². The minimum atomic E-state index is -3.80. The van der Waals surface area contributed by atoms with Crippen LogP contribution in [0.4, 0.5) is 0 Å². The van der Waals surface area contributed by atoms with E-state index in [0.29, 0.717) is 24.2 Å². The molecule has 0 fully saturated rings. The molecule has 0 aliphatic heterocycles. The Morgan fingerprint density at radius 1 is 0.857 bits per heavy atom. The Labute approximate surface area is 203 Å². The third-order valence-corrected chi connectivity index (χ3v) is 7.50. The first-order chi connectivity index (χ1) is 17.0. The van der Waals surface area contributed by atoms with Crippen molar-refractivity contribution in [2.45, 2.75) is 22.6 Å². The fourth-order valence-electron chi connectivity index (χ4n) is 3.82. The Balaban J connectivity index is 1.30. The highest BCUT2D eigenvalue weighted by Crippen LogP contribution is 2.32. The van der Waals surface area contributed by atoms with Crippen molar-refractivity contribution in [3.05, 3.63) is 121 Å². The summed E-state index contributed by atoms with van der Waals surface area (Å²) in [5, 5.41) is 0. The number of ether oxygens (including phenoxy) is 1. The average Bonchev–Trinajstić information content (AvgIpc) is 3.36. The van der Waals surface area contributed by atoms with Gasteiger partial charge in [0.25, 0.3) is 0 Å². The van der Waals surface area contributed by atoms with Crippen LogP contribution >= 0.6 is 0 Å². The summed E-state index contributed by atoms with van der Waals surface area (Å²) < 4.78 is 34.4. The summed E-state index contributed by atoms with van der Waals surface area (Å²) in [5.74, 6) is 0.842. The van der Waals surface area contributed by atoms with Crippen LogP contribution in [-0.4, -0.2) is 23.6 Å². The molecule has 0 saturated heterocycles. The molecule has 6 nitrogen and oxygen atoms in total. The fraction of sp³-hybridized carbons (Fsp3) is 0.0714. The van der Waals surface area contributed by atoms with Gasteiger partial charge in [0.15, 0.2) is 5.78 Å². The molecule has 0 saturated carbocycles. The Kier molecular flexibility index (Phi) is 6.16. The summed E-state index contributed by atoms with van der Waals surface area (Å²) >= 11 is 0. The second-order valence-electron chi connectivity index (χ2n) is 8.04. The largest absolute Gasteiger partial charge is 0.456 e. The first-order valence-electron chi connectivity index (χ1n) is 11.1. The number of aromatic nitrogens is 2. The van der Waals surface area contributed by atoms with E-state index in [4.69, 9.17) is 4.74 Å². The van der Waals surface area contributed by atoms with E-state index < -0.39 is 9.84 Å². The van der Waals surface area contributed by atoms with Gasteiger partial charge < -0.3 is 9.14 Å². The number of sulfone groups is 1. The molecule has 0 spiro atoms. The molecule has 7 heteroatoms. The molecular formula is C28H22N2O4S. The number of nitrogens with zero attached hydrogens (tertiary/aromatic N) is 2. The van der Waals surface area contributed by atoms with Gasteiger partial charge in [0.05, 0.1) is 4.90 Å². The van der Waals surface area contributed by atoms with Gasteiger partial charge in [0.1, 0.15) is 22.0 Å². The highest BCUT2D eigenvalue weighted by Gasteiger charge is 2.22.